The molecule has 1 unspecified atom stereocenters. The second-order valence-corrected chi connectivity index (χ2v) is 3.99. The van der Waals surface area contributed by atoms with Crippen LogP contribution in [0.25, 0.3) is 0 Å². The van der Waals surface area contributed by atoms with Crippen molar-refractivity contribution >= 4 is 11.6 Å². The van der Waals surface area contributed by atoms with Crippen molar-refractivity contribution in [3.63, 3.8) is 0 Å². The lowest BCUT2D eigenvalue weighted by molar-refractivity contribution is -0.133. The lowest BCUT2D eigenvalue weighted by Crippen LogP contribution is -2.57. The Morgan fingerprint density at radius 3 is 2.62 bits per heavy atom. The normalized spacial score (nSPS) is 21.4. The molecule has 0 aromatic heterocycles. The molecule has 1 heterocycles. The molecule has 1 amide bonds. The highest BCUT2D eigenvalue weighted by Gasteiger charge is 2.32. The standard InChI is InChI=1S/C12H16N2O2/c1-13-7-8-14(11(9-15)12(13)16)10-5-3-2-4-6-10/h2-6,11,15H,7-9H2,1H3. The smallest absolute Gasteiger partial charge is 0.247 e. The number of carbonyl (C=O) groups is 1. The Bertz CT molecular complexity index is 367. The Balaban J connectivity index is 2.24. The summed E-state index contributed by atoms with van der Waals surface area (Å²) in [6.07, 6.45) is 0. The van der Waals surface area contributed by atoms with E-state index in [4.69, 9.17) is 0 Å². The molecule has 1 aromatic rings. The van der Waals surface area contributed by atoms with Crippen LogP contribution < -0.4 is 4.90 Å². The van der Waals surface area contributed by atoms with Gasteiger partial charge in [0.25, 0.3) is 0 Å². The molecule has 1 fully saturated rings. The van der Waals surface area contributed by atoms with Crippen LogP contribution in [0.1, 0.15) is 0 Å². The number of rotatable bonds is 2. The summed E-state index contributed by atoms with van der Waals surface area (Å²) in [7, 11) is 1.77. The van der Waals surface area contributed by atoms with Crippen molar-refractivity contribution < 1.29 is 9.90 Å². The van der Waals surface area contributed by atoms with E-state index in [-0.39, 0.29) is 12.5 Å². The van der Waals surface area contributed by atoms with Crippen LogP contribution in [-0.2, 0) is 4.79 Å². The first-order valence-corrected chi connectivity index (χ1v) is 5.41. The van der Waals surface area contributed by atoms with Crippen LogP contribution in [0.5, 0.6) is 0 Å². The largest absolute Gasteiger partial charge is 0.394 e. The van der Waals surface area contributed by atoms with Crippen LogP contribution in [0.15, 0.2) is 30.3 Å². The molecule has 0 spiro atoms. The van der Waals surface area contributed by atoms with Gasteiger partial charge in [0.1, 0.15) is 6.04 Å². The maximum absolute atomic E-state index is 11.9. The van der Waals surface area contributed by atoms with E-state index < -0.39 is 6.04 Å². The molecule has 4 heteroatoms. The summed E-state index contributed by atoms with van der Waals surface area (Å²) in [4.78, 5) is 15.5. The van der Waals surface area contributed by atoms with E-state index in [9.17, 15) is 9.90 Å². The molecule has 1 N–H and O–H groups in total. The summed E-state index contributed by atoms with van der Waals surface area (Å²) in [6, 6.07) is 9.29. The van der Waals surface area contributed by atoms with Gasteiger partial charge < -0.3 is 14.9 Å². The summed E-state index contributed by atoms with van der Waals surface area (Å²) in [5.74, 6) is -0.0161. The van der Waals surface area contributed by atoms with Crippen molar-refractivity contribution in [2.24, 2.45) is 0 Å². The van der Waals surface area contributed by atoms with Gasteiger partial charge in [-0.3, -0.25) is 4.79 Å². The van der Waals surface area contributed by atoms with Crippen LogP contribution in [0.2, 0.25) is 0 Å². The maximum Gasteiger partial charge on any atom is 0.247 e. The van der Waals surface area contributed by atoms with Crippen LogP contribution in [0.4, 0.5) is 5.69 Å². The van der Waals surface area contributed by atoms with E-state index in [1.807, 2.05) is 35.2 Å². The number of aliphatic hydroxyl groups excluding tert-OH is 1. The third-order valence-corrected chi connectivity index (χ3v) is 2.97. The van der Waals surface area contributed by atoms with Crippen LogP contribution in [0, 0.1) is 0 Å². The molecular weight excluding hydrogens is 204 g/mol. The summed E-state index contributed by atoms with van der Waals surface area (Å²) in [6.45, 7) is 1.32. The van der Waals surface area contributed by atoms with Crippen molar-refractivity contribution in [1.29, 1.82) is 0 Å². The fraction of sp³-hybridized carbons (Fsp3) is 0.417. The van der Waals surface area contributed by atoms with Crippen LogP contribution in [0.3, 0.4) is 0 Å². The summed E-state index contributed by atoms with van der Waals surface area (Å²) in [5.41, 5.74) is 0.989. The Hall–Kier alpha value is -1.55. The van der Waals surface area contributed by atoms with E-state index in [2.05, 4.69) is 0 Å². The molecule has 0 bridgehead atoms. The van der Waals surface area contributed by atoms with E-state index in [1.54, 1.807) is 11.9 Å². The van der Waals surface area contributed by atoms with Gasteiger partial charge in [-0.25, -0.2) is 0 Å². The molecular formula is C12H16N2O2. The summed E-state index contributed by atoms with van der Waals surface area (Å²) in [5, 5.41) is 9.32. The number of amides is 1. The van der Waals surface area contributed by atoms with E-state index in [0.717, 1.165) is 12.2 Å². The van der Waals surface area contributed by atoms with Crippen molar-refractivity contribution in [3.8, 4) is 0 Å². The monoisotopic (exact) mass is 220 g/mol. The number of benzene rings is 1. The number of hydrogen-bond acceptors (Lipinski definition) is 3. The fourth-order valence-electron chi connectivity index (χ4n) is 2.02. The Morgan fingerprint density at radius 1 is 1.31 bits per heavy atom. The molecule has 1 saturated heterocycles. The van der Waals surface area contributed by atoms with E-state index >= 15 is 0 Å². The molecule has 4 nitrogen and oxygen atoms in total. The minimum Gasteiger partial charge on any atom is -0.394 e. The zero-order valence-electron chi connectivity index (χ0n) is 9.34. The number of nitrogens with zero attached hydrogens (tertiary/aromatic N) is 2. The molecule has 1 atom stereocenters. The van der Waals surface area contributed by atoms with Gasteiger partial charge in [0.05, 0.1) is 6.61 Å². The topological polar surface area (TPSA) is 43.8 Å². The summed E-state index contributed by atoms with van der Waals surface area (Å²) < 4.78 is 0. The average molecular weight is 220 g/mol. The molecule has 16 heavy (non-hydrogen) atoms. The number of aliphatic hydroxyl groups is 1. The third kappa shape index (κ3) is 1.88. The van der Waals surface area contributed by atoms with Gasteiger partial charge in [0.15, 0.2) is 0 Å². The van der Waals surface area contributed by atoms with Gasteiger partial charge in [-0.05, 0) is 12.1 Å². The number of hydrogen-bond donors (Lipinski definition) is 1. The zero-order valence-corrected chi connectivity index (χ0v) is 9.34. The second kappa shape index (κ2) is 4.53. The Labute approximate surface area is 95.1 Å². The predicted octanol–water partition coefficient (Wildman–Crippen LogP) is 0.326. The molecule has 1 aromatic carbocycles. The minimum absolute atomic E-state index is 0.0161. The number of para-hydroxylation sites is 1. The Kier molecular flexibility index (Phi) is 3.10. The first-order chi connectivity index (χ1) is 7.74. The molecule has 0 saturated carbocycles. The summed E-state index contributed by atoms with van der Waals surface area (Å²) >= 11 is 0. The van der Waals surface area contributed by atoms with Gasteiger partial charge in [-0.15, -0.1) is 0 Å². The molecule has 86 valence electrons. The fourth-order valence-corrected chi connectivity index (χ4v) is 2.02. The first-order valence-electron chi connectivity index (χ1n) is 5.41. The highest BCUT2D eigenvalue weighted by atomic mass is 16.3. The molecule has 1 aliphatic rings. The number of carbonyl (C=O) groups excluding carboxylic acids is 1. The molecule has 1 aliphatic heterocycles. The lowest BCUT2D eigenvalue weighted by atomic mass is 10.1. The average Bonchev–Trinajstić information content (AvgIpc) is 2.33. The quantitative estimate of drug-likeness (QED) is 0.781. The minimum atomic E-state index is -0.443. The van der Waals surface area contributed by atoms with Crippen LogP contribution in [-0.4, -0.2) is 48.7 Å². The number of piperazine rings is 1. The van der Waals surface area contributed by atoms with Gasteiger partial charge in [-0.2, -0.15) is 0 Å². The molecule has 2 rings (SSSR count). The number of likely N-dealkylation sites (N-methyl/N-ethyl adjacent to an activating group) is 1. The molecule has 0 aliphatic carbocycles. The van der Waals surface area contributed by atoms with Crippen molar-refractivity contribution in [1.82, 2.24) is 4.90 Å². The van der Waals surface area contributed by atoms with Crippen LogP contribution >= 0.6 is 0 Å². The van der Waals surface area contributed by atoms with E-state index in [1.165, 1.54) is 0 Å². The van der Waals surface area contributed by atoms with Crippen molar-refractivity contribution in [3.05, 3.63) is 30.3 Å². The van der Waals surface area contributed by atoms with E-state index in [0.29, 0.717) is 6.54 Å². The van der Waals surface area contributed by atoms with Gasteiger partial charge in [-0.1, -0.05) is 18.2 Å². The first kappa shape index (κ1) is 11.0. The molecule has 0 radical (unpaired) electrons. The third-order valence-electron chi connectivity index (χ3n) is 2.97. The zero-order chi connectivity index (χ0) is 11.5. The lowest BCUT2D eigenvalue weighted by Gasteiger charge is -2.39. The maximum atomic E-state index is 11.9. The van der Waals surface area contributed by atoms with Gasteiger partial charge in [0.2, 0.25) is 5.91 Å². The van der Waals surface area contributed by atoms with Crippen molar-refractivity contribution in [2.75, 3.05) is 31.6 Å². The predicted molar refractivity (Wildman–Crippen MR) is 62.3 cm³/mol. The Morgan fingerprint density at radius 2 is 2.00 bits per heavy atom. The van der Waals surface area contributed by atoms with Crippen molar-refractivity contribution in [2.45, 2.75) is 6.04 Å². The SMILES string of the molecule is CN1CCN(c2ccccc2)C(CO)C1=O. The van der Waals surface area contributed by atoms with Gasteiger partial charge >= 0.3 is 0 Å². The highest BCUT2D eigenvalue weighted by Crippen LogP contribution is 2.20. The number of anilines is 1. The second-order valence-electron chi connectivity index (χ2n) is 3.99. The van der Waals surface area contributed by atoms with Gasteiger partial charge in [0, 0.05) is 25.8 Å². The highest BCUT2D eigenvalue weighted by molar-refractivity contribution is 5.86.